The van der Waals surface area contributed by atoms with Crippen molar-refractivity contribution in [2.75, 3.05) is 26.7 Å². The first-order chi connectivity index (χ1) is 9.26. The second-order valence-electron chi connectivity index (χ2n) is 5.41. The summed E-state index contributed by atoms with van der Waals surface area (Å²) in [5.74, 6) is 0.671. The predicted molar refractivity (Wildman–Crippen MR) is 77.8 cm³/mol. The van der Waals surface area contributed by atoms with Crippen molar-refractivity contribution >= 4 is 0 Å². The van der Waals surface area contributed by atoms with Crippen molar-refractivity contribution in [3.8, 4) is 6.07 Å². The summed E-state index contributed by atoms with van der Waals surface area (Å²) < 4.78 is 0. The van der Waals surface area contributed by atoms with E-state index in [4.69, 9.17) is 5.26 Å². The fourth-order valence-corrected chi connectivity index (χ4v) is 2.99. The summed E-state index contributed by atoms with van der Waals surface area (Å²) in [6.07, 6.45) is 2.43. The van der Waals surface area contributed by atoms with Crippen molar-refractivity contribution in [1.82, 2.24) is 10.2 Å². The minimum atomic E-state index is 0.483. The van der Waals surface area contributed by atoms with E-state index >= 15 is 0 Å². The first-order valence-electron chi connectivity index (χ1n) is 7.17. The smallest absolute Gasteiger partial charge is 0.0991 e. The molecule has 0 aliphatic carbocycles. The molecular weight excluding hydrogens is 234 g/mol. The highest BCUT2D eigenvalue weighted by Crippen LogP contribution is 2.35. The topological polar surface area (TPSA) is 39.1 Å². The third kappa shape index (κ3) is 3.34. The number of likely N-dealkylation sites (tertiary alicyclic amines) is 1. The molecule has 0 radical (unpaired) electrons. The lowest BCUT2D eigenvalue weighted by atomic mass is 9.93. The van der Waals surface area contributed by atoms with Crippen LogP contribution in [-0.4, -0.2) is 31.6 Å². The Morgan fingerprint density at radius 3 is 2.74 bits per heavy atom. The van der Waals surface area contributed by atoms with E-state index in [0.29, 0.717) is 12.0 Å². The first kappa shape index (κ1) is 14.0. The van der Waals surface area contributed by atoms with E-state index in [1.54, 1.807) is 0 Å². The summed E-state index contributed by atoms with van der Waals surface area (Å²) in [6.45, 7) is 5.54. The van der Waals surface area contributed by atoms with E-state index in [0.717, 1.165) is 25.2 Å². The Hall–Kier alpha value is -1.37. The van der Waals surface area contributed by atoms with E-state index in [1.165, 1.54) is 18.4 Å². The Labute approximate surface area is 116 Å². The second kappa shape index (κ2) is 6.70. The molecule has 3 nitrogen and oxygen atoms in total. The molecule has 0 bridgehead atoms. The van der Waals surface area contributed by atoms with Crippen LogP contribution in [0.2, 0.25) is 0 Å². The molecule has 1 heterocycles. The maximum Gasteiger partial charge on any atom is 0.0991 e. The third-order valence-corrected chi connectivity index (χ3v) is 3.99. The quantitative estimate of drug-likeness (QED) is 0.824. The van der Waals surface area contributed by atoms with Gasteiger partial charge in [-0.1, -0.05) is 19.1 Å². The lowest BCUT2D eigenvalue weighted by Gasteiger charge is -2.26. The van der Waals surface area contributed by atoms with Gasteiger partial charge in [-0.05, 0) is 63.1 Å². The summed E-state index contributed by atoms with van der Waals surface area (Å²) in [5, 5.41) is 12.4. The van der Waals surface area contributed by atoms with Crippen molar-refractivity contribution in [2.45, 2.75) is 25.8 Å². The fraction of sp³-hybridized carbons (Fsp3) is 0.562. The summed E-state index contributed by atoms with van der Waals surface area (Å²) >= 11 is 0. The molecule has 1 N–H and O–H groups in total. The number of nitriles is 1. The Balaban J connectivity index is 2.07. The van der Waals surface area contributed by atoms with Crippen LogP contribution in [0.3, 0.4) is 0 Å². The summed E-state index contributed by atoms with van der Waals surface area (Å²) in [5.41, 5.74) is 2.08. The van der Waals surface area contributed by atoms with Crippen LogP contribution >= 0.6 is 0 Å². The maximum atomic E-state index is 8.87. The van der Waals surface area contributed by atoms with Gasteiger partial charge in [0.15, 0.2) is 0 Å². The molecule has 2 rings (SSSR count). The SMILES string of the molecule is CCCNCC1CCN(C)C1c1ccc(C#N)cc1. The van der Waals surface area contributed by atoms with Gasteiger partial charge in [0.25, 0.3) is 0 Å². The summed E-state index contributed by atoms with van der Waals surface area (Å²) in [7, 11) is 2.20. The molecular formula is C16H23N3. The molecule has 2 unspecified atom stereocenters. The number of nitrogens with one attached hydrogen (secondary N) is 1. The van der Waals surface area contributed by atoms with Crippen LogP contribution in [0.15, 0.2) is 24.3 Å². The van der Waals surface area contributed by atoms with Gasteiger partial charge in [-0.15, -0.1) is 0 Å². The molecule has 0 amide bonds. The van der Waals surface area contributed by atoms with Crippen LogP contribution in [0.1, 0.15) is 36.9 Å². The lowest BCUT2D eigenvalue weighted by Crippen LogP contribution is -2.28. The molecule has 1 aromatic carbocycles. The number of hydrogen-bond acceptors (Lipinski definition) is 3. The minimum absolute atomic E-state index is 0.483. The Morgan fingerprint density at radius 2 is 2.11 bits per heavy atom. The molecule has 1 aromatic rings. The van der Waals surface area contributed by atoms with Gasteiger partial charge in [0.1, 0.15) is 0 Å². The summed E-state index contributed by atoms with van der Waals surface area (Å²) in [4.78, 5) is 2.43. The number of rotatable bonds is 5. The third-order valence-electron chi connectivity index (χ3n) is 3.99. The Morgan fingerprint density at radius 1 is 1.37 bits per heavy atom. The monoisotopic (exact) mass is 257 g/mol. The van der Waals surface area contributed by atoms with Gasteiger partial charge in [0, 0.05) is 6.04 Å². The van der Waals surface area contributed by atoms with Crippen LogP contribution in [-0.2, 0) is 0 Å². The van der Waals surface area contributed by atoms with Gasteiger partial charge >= 0.3 is 0 Å². The molecule has 1 fully saturated rings. The molecule has 1 aliphatic heterocycles. The predicted octanol–water partition coefficient (Wildman–Crippen LogP) is 2.55. The zero-order valence-corrected chi connectivity index (χ0v) is 11.9. The van der Waals surface area contributed by atoms with Crippen molar-refractivity contribution in [1.29, 1.82) is 5.26 Å². The first-order valence-corrected chi connectivity index (χ1v) is 7.17. The van der Waals surface area contributed by atoms with Gasteiger partial charge in [-0.3, -0.25) is 4.90 Å². The van der Waals surface area contributed by atoms with Crippen molar-refractivity contribution in [3.05, 3.63) is 35.4 Å². The lowest BCUT2D eigenvalue weighted by molar-refractivity contribution is 0.272. The Kier molecular flexibility index (Phi) is 4.95. The molecule has 19 heavy (non-hydrogen) atoms. The second-order valence-corrected chi connectivity index (χ2v) is 5.41. The van der Waals surface area contributed by atoms with E-state index in [1.807, 2.05) is 12.1 Å². The van der Waals surface area contributed by atoms with E-state index in [9.17, 15) is 0 Å². The highest BCUT2D eigenvalue weighted by Gasteiger charge is 2.32. The van der Waals surface area contributed by atoms with Gasteiger partial charge in [0.05, 0.1) is 11.6 Å². The van der Waals surface area contributed by atoms with Crippen molar-refractivity contribution < 1.29 is 0 Å². The zero-order valence-electron chi connectivity index (χ0n) is 11.9. The molecule has 1 aliphatic rings. The fourth-order valence-electron chi connectivity index (χ4n) is 2.99. The van der Waals surface area contributed by atoms with E-state index < -0.39 is 0 Å². The number of benzene rings is 1. The molecule has 102 valence electrons. The van der Waals surface area contributed by atoms with Crippen molar-refractivity contribution in [2.24, 2.45) is 5.92 Å². The molecule has 3 heteroatoms. The molecule has 0 aromatic heterocycles. The maximum absolute atomic E-state index is 8.87. The molecule has 1 saturated heterocycles. The van der Waals surface area contributed by atoms with Crippen LogP contribution in [0.25, 0.3) is 0 Å². The van der Waals surface area contributed by atoms with Gasteiger partial charge < -0.3 is 5.32 Å². The van der Waals surface area contributed by atoms with Crippen LogP contribution in [0.4, 0.5) is 0 Å². The van der Waals surface area contributed by atoms with E-state index in [2.05, 4.69) is 42.4 Å². The minimum Gasteiger partial charge on any atom is -0.316 e. The molecule has 2 atom stereocenters. The van der Waals surface area contributed by atoms with Crippen LogP contribution in [0.5, 0.6) is 0 Å². The number of nitrogens with zero attached hydrogens (tertiary/aromatic N) is 2. The standard InChI is InChI=1S/C16H23N3/c1-3-9-18-12-15-8-10-19(2)16(15)14-6-4-13(11-17)5-7-14/h4-7,15-16,18H,3,8-10,12H2,1-2H3. The average Bonchev–Trinajstić information content (AvgIpc) is 2.80. The van der Waals surface area contributed by atoms with Crippen LogP contribution in [0, 0.1) is 17.2 Å². The normalized spacial score (nSPS) is 23.4. The average molecular weight is 257 g/mol. The Bertz CT molecular complexity index is 432. The van der Waals surface area contributed by atoms with Gasteiger partial charge in [-0.25, -0.2) is 0 Å². The number of hydrogen-bond donors (Lipinski definition) is 1. The van der Waals surface area contributed by atoms with Crippen molar-refractivity contribution in [3.63, 3.8) is 0 Å². The van der Waals surface area contributed by atoms with Gasteiger partial charge in [0.2, 0.25) is 0 Å². The highest BCUT2D eigenvalue weighted by molar-refractivity contribution is 5.33. The van der Waals surface area contributed by atoms with Crippen LogP contribution < -0.4 is 5.32 Å². The molecule has 0 saturated carbocycles. The zero-order chi connectivity index (χ0) is 13.7. The van der Waals surface area contributed by atoms with Gasteiger partial charge in [-0.2, -0.15) is 5.26 Å². The highest BCUT2D eigenvalue weighted by atomic mass is 15.2. The largest absolute Gasteiger partial charge is 0.316 e. The summed E-state index contributed by atoms with van der Waals surface area (Å²) in [6, 6.07) is 10.7. The molecule has 0 spiro atoms. The van der Waals surface area contributed by atoms with E-state index in [-0.39, 0.29) is 0 Å².